The lowest BCUT2D eigenvalue weighted by Gasteiger charge is -2.32. The van der Waals surface area contributed by atoms with Crippen molar-refractivity contribution in [1.29, 1.82) is 0 Å². The van der Waals surface area contributed by atoms with Crippen LogP contribution in [-0.4, -0.2) is 41.9 Å². The van der Waals surface area contributed by atoms with Gasteiger partial charge in [-0.3, -0.25) is 9.59 Å². The average Bonchev–Trinajstić information content (AvgIpc) is 3.34. The molecule has 4 aromatic rings. The molecule has 0 aliphatic carbocycles. The van der Waals surface area contributed by atoms with E-state index in [1.54, 1.807) is 13.2 Å². The number of piperidine rings is 1. The van der Waals surface area contributed by atoms with Crippen molar-refractivity contribution in [2.45, 2.75) is 25.7 Å². The first kappa shape index (κ1) is 23.1. The zero-order chi connectivity index (χ0) is 24.4. The molecule has 1 fully saturated rings. The number of nitrogens with one attached hydrogen (secondary N) is 1. The number of ether oxygens (including phenoxy) is 1. The summed E-state index contributed by atoms with van der Waals surface area (Å²) in [5, 5.41) is 3.36. The van der Waals surface area contributed by atoms with Gasteiger partial charge in [0.25, 0.3) is 11.8 Å². The lowest BCUT2D eigenvalue weighted by Crippen LogP contribution is -2.38. The maximum atomic E-state index is 13.2. The van der Waals surface area contributed by atoms with E-state index >= 15 is 0 Å². The Labute approximate surface area is 208 Å². The van der Waals surface area contributed by atoms with Crippen LogP contribution in [0, 0.1) is 6.92 Å². The van der Waals surface area contributed by atoms with E-state index in [0.717, 1.165) is 34.4 Å². The minimum atomic E-state index is -0.265. The normalized spacial score (nSPS) is 14.2. The van der Waals surface area contributed by atoms with E-state index in [4.69, 9.17) is 4.74 Å². The standard InChI is InChI=1S/C28H27N3O3S/c1-18-7-8-21(17-24(18)29-26(32)27-30-23-5-3-4-6-25(23)35-27)28(33)31-15-13-20(14-16-31)19-9-11-22(34-2)12-10-19/h3-12,17,20H,13-16H2,1-2H3,(H,29,32). The Morgan fingerprint density at radius 2 is 1.77 bits per heavy atom. The first-order valence-corrected chi connectivity index (χ1v) is 12.5. The molecule has 1 aromatic heterocycles. The van der Waals surface area contributed by atoms with Crippen LogP contribution in [0.1, 0.15) is 50.0 Å². The van der Waals surface area contributed by atoms with Crippen molar-refractivity contribution >= 4 is 39.1 Å². The second-order valence-electron chi connectivity index (χ2n) is 8.81. The third-order valence-corrected chi connectivity index (χ3v) is 7.63. The third kappa shape index (κ3) is 4.91. The molecule has 5 rings (SSSR count). The fourth-order valence-corrected chi connectivity index (χ4v) is 5.37. The number of aryl methyl sites for hydroxylation is 1. The highest BCUT2D eigenvalue weighted by Gasteiger charge is 2.25. The number of aromatic nitrogens is 1. The first-order chi connectivity index (χ1) is 17.0. The van der Waals surface area contributed by atoms with Gasteiger partial charge in [-0.1, -0.05) is 30.3 Å². The number of anilines is 1. The number of carbonyl (C=O) groups is 2. The molecule has 1 saturated heterocycles. The second-order valence-corrected chi connectivity index (χ2v) is 9.84. The summed E-state index contributed by atoms with van der Waals surface area (Å²) in [7, 11) is 1.67. The van der Waals surface area contributed by atoms with Crippen LogP contribution in [0.4, 0.5) is 5.69 Å². The Kier molecular flexibility index (Phi) is 6.51. The molecule has 178 valence electrons. The topological polar surface area (TPSA) is 71.5 Å². The zero-order valence-corrected chi connectivity index (χ0v) is 20.6. The maximum Gasteiger partial charge on any atom is 0.284 e. The highest BCUT2D eigenvalue weighted by molar-refractivity contribution is 7.20. The Morgan fingerprint density at radius 1 is 1.03 bits per heavy atom. The molecule has 2 amide bonds. The molecule has 2 heterocycles. The number of fused-ring (bicyclic) bond motifs is 1. The van der Waals surface area contributed by atoms with Gasteiger partial charge in [0, 0.05) is 24.3 Å². The molecular formula is C28H27N3O3S. The summed E-state index contributed by atoms with van der Waals surface area (Å²) in [6.45, 7) is 3.33. The molecule has 6 nitrogen and oxygen atoms in total. The number of amides is 2. The van der Waals surface area contributed by atoms with E-state index in [0.29, 0.717) is 35.3 Å². The van der Waals surface area contributed by atoms with Crippen LogP contribution in [0.3, 0.4) is 0 Å². The summed E-state index contributed by atoms with van der Waals surface area (Å²) in [5.74, 6) is 1.02. The number of likely N-dealkylation sites (tertiary alicyclic amines) is 1. The van der Waals surface area contributed by atoms with Crippen molar-refractivity contribution < 1.29 is 14.3 Å². The zero-order valence-electron chi connectivity index (χ0n) is 19.8. The lowest BCUT2D eigenvalue weighted by atomic mass is 9.89. The second kappa shape index (κ2) is 9.88. The number of hydrogen-bond donors (Lipinski definition) is 1. The van der Waals surface area contributed by atoms with Gasteiger partial charge in [0.15, 0.2) is 5.01 Å². The van der Waals surface area contributed by atoms with Crippen molar-refractivity contribution in [2.75, 3.05) is 25.5 Å². The van der Waals surface area contributed by atoms with E-state index in [9.17, 15) is 9.59 Å². The van der Waals surface area contributed by atoms with Crippen molar-refractivity contribution in [3.8, 4) is 5.75 Å². The molecule has 1 N–H and O–H groups in total. The minimum absolute atomic E-state index is 0.00586. The number of nitrogens with zero attached hydrogens (tertiary/aromatic N) is 2. The number of thiazole rings is 1. The molecule has 1 aliphatic rings. The Bertz CT molecular complexity index is 1340. The van der Waals surface area contributed by atoms with Gasteiger partial charge < -0.3 is 15.0 Å². The van der Waals surface area contributed by atoms with E-state index < -0.39 is 0 Å². The van der Waals surface area contributed by atoms with Crippen LogP contribution < -0.4 is 10.1 Å². The van der Waals surface area contributed by atoms with Gasteiger partial charge in [-0.05, 0) is 73.2 Å². The lowest BCUT2D eigenvalue weighted by molar-refractivity contribution is 0.0712. The van der Waals surface area contributed by atoms with Crippen LogP contribution in [0.25, 0.3) is 10.2 Å². The molecule has 0 bridgehead atoms. The third-order valence-electron chi connectivity index (χ3n) is 6.59. The van der Waals surface area contributed by atoms with Crippen LogP contribution in [-0.2, 0) is 0 Å². The monoisotopic (exact) mass is 485 g/mol. The Hall–Kier alpha value is -3.71. The predicted molar refractivity (Wildman–Crippen MR) is 140 cm³/mol. The number of rotatable bonds is 5. The van der Waals surface area contributed by atoms with Crippen LogP contribution in [0.15, 0.2) is 66.7 Å². The molecule has 0 saturated carbocycles. The Balaban J connectivity index is 1.25. The van der Waals surface area contributed by atoms with E-state index in [1.807, 2.05) is 60.4 Å². The molecule has 0 atom stereocenters. The van der Waals surface area contributed by atoms with Crippen molar-refractivity contribution in [3.05, 3.63) is 88.4 Å². The van der Waals surface area contributed by atoms with Crippen molar-refractivity contribution in [3.63, 3.8) is 0 Å². The predicted octanol–water partition coefficient (Wildman–Crippen LogP) is 5.89. The average molecular weight is 486 g/mol. The first-order valence-electron chi connectivity index (χ1n) is 11.7. The van der Waals surface area contributed by atoms with Gasteiger partial charge in [0.05, 0.1) is 17.3 Å². The smallest absolute Gasteiger partial charge is 0.284 e. The van der Waals surface area contributed by atoms with Crippen LogP contribution in [0.2, 0.25) is 0 Å². The molecule has 0 spiro atoms. The van der Waals surface area contributed by atoms with Crippen LogP contribution in [0.5, 0.6) is 5.75 Å². The maximum absolute atomic E-state index is 13.2. The van der Waals surface area contributed by atoms with Gasteiger partial charge in [-0.25, -0.2) is 4.98 Å². The van der Waals surface area contributed by atoms with E-state index in [1.165, 1.54) is 16.9 Å². The summed E-state index contributed by atoms with van der Waals surface area (Å²) < 4.78 is 6.22. The largest absolute Gasteiger partial charge is 0.497 e. The summed E-state index contributed by atoms with van der Waals surface area (Å²) >= 11 is 1.36. The summed E-state index contributed by atoms with van der Waals surface area (Å²) in [4.78, 5) is 32.5. The number of methoxy groups -OCH3 is 1. The number of hydrogen-bond acceptors (Lipinski definition) is 5. The number of para-hydroxylation sites is 1. The highest BCUT2D eigenvalue weighted by atomic mass is 32.1. The van der Waals surface area contributed by atoms with Crippen molar-refractivity contribution in [1.82, 2.24) is 9.88 Å². The molecule has 7 heteroatoms. The highest BCUT2D eigenvalue weighted by Crippen LogP contribution is 2.30. The van der Waals surface area contributed by atoms with E-state index in [2.05, 4.69) is 22.4 Å². The fraction of sp³-hybridized carbons (Fsp3) is 0.250. The van der Waals surface area contributed by atoms with E-state index in [-0.39, 0.29) is 11.8 Å². The molecular weight excluding hydrogens is 458 g/mol. The summed E-state index contributed by atoms with van der Waals surface area (Å²) in [6.07, 6.45) is 1.84. The molecule has 0 radical (unpaired) electrons. The summed E-state index contributed by atoms with van der Waals surface area (Å²) in [6, 6.07) is 21.4. The van der Waals surface area contributed by atoms with Crippen molar-refractivity contribution in [2.24, 2.45) is 0 Å². The van der Waals surface area contributed by atoms with Gasteiger partial charge in [0.1, 0.15) is 5.75 Å². The van der Waals surface area contributed by atoms with Gasteiger partial charge in [0.2, 0.25) is 0 Å². The van der Waals surface area contributed by atoms with Crippen LogP contribution >= 0.6 is 11.3 Å². The molecule has 0 unspecified atom stereocenters. The quantitative estimate of drug-likeness (QED) is 0.383. The molecule has 35 heavy (non-hydrogen) atoms. The fourth-order valence-electron chi connectivity index (χ4n) is 4.51. The van der Waals surface area contributed by atoms with Gasteiger partial charge >= 0.3 is 0 Å². The Morgan fingerprint density at radius 3 is 2.49 bits per heavy atom. The number of benzene rings is 3. The number of carbonyl (C=O) groups excluding carboxylic acids is 2. The minimum Gasteiger partial charge on any atom is -0.497 e. The molecule has 3 aromatic carbocycles. The summed E-state index contributed by atoms with van der Waals surface area (Å²) in [5.41, 5.74) is 4.20. The van der Waals surface area contributed by atoms with Gasteiger partial charge in [-0.15, -0.1) is 11.3 Å². The SMILES string of the molecule is COc1ccc(C2CCN(C(=O)c3ccc(C)c(NC(=O)c4nc5ccccc5s4)c3)CC2)cc1. The molecule has 1 aliphatic heterocycles. The van der Waals surface area contributed by atoms with Gasteiger partial charge in [-0.2, -0.15) is 0 Å².